The Labute approximate surface area is 156 Å². The molecule has 0 spiro atoms. The van der Waals surface area contributed by atoms with Gasteiger partial charge in [0, 0.05) is 42.5 Å². The van der Waals surface area contributed by atoms with Crippen molar-refractivity contribution in [2.75, 3.05) is 6.54 Å². The summed E-state index contributed by atoms with van der Waals surface area (Å²) in [5.74, 6) is 0.646. The first kappa shape index (κ1) is 16.0. The van der Waals surface area contributed by atoms with Crippen molar-refractivity contribution in [1.82, 2.24) is 19.9 Å². The molecule has 5 nitrogen and oxygen atoms in total. The largest absolute Gasteiger partial charge is 0.361 e. The van der Waals surface area contributed by atoms with E-state index >= 15 is 0 Å². The number of rotatable bonds is 3. The second-order valence-corrected chi connectivity index (χ2v) is 7.03. The van der Waals surface area contributed by atoms with Crippen LogP contribution in [0.2, 0.25) is 0 Å². The molecule has 5 heteroatoms. The summed E-state index contributed by atoms with van der Waals surface area (Å²) in [7, 11) is 0. The number of aromatic nitrogens is 3. The Hall–Kier alpha value is -3.18. The Balaban J connectivity index is 1.46. The van der Waals surface area contributed by atoms with Gasteiger partial charge in [-0.1, -0.05) is 48.5 Å². The molecule has 3 heterocycles. The SMILES string of the molecule is O=c1[nH]c(-c2ccccc2)nc2c1CCN(Cc1cccc3cc[nH]c13)C2. The lowest BCUT2D eigenvalue weighted by molar-refractivity contribution is 0.241. The zero-order valence-corrected chi connectivity index (χ0v) is 14.9. The second kappa shape index (κ2) is 6.52. The second-order valence-electron chi connectivity index (χ2n) is 7.03. The van der Waals surface area contributed by atoms with E-state index in [1.807, 2.05) is 36.5 Å². The third-order valence-electron chi connectivity index (χ3n) is 5.27. The first-order chi connectivity index (χ1) is 13.3. The first-order valence-electron chi connectivity index (χ1n) is 9.23. The third kappa shape index (κ3) is 2.96. The average Bonchev–Trinajstić information content (AvgIpc) is 3.18. The molecule has 5 rings (SSSR count). The summed E-state index contributed by atoms with van der Waals surface area (Å²) in [6.07, 6.45) is 2.71. The number of hydrogen-bond donors (Lipinski definition) is 2. The van der Waals surface area contributed by atoms with Crippen LogP contribution in [-0.2, 0) is 19.5 Å². The minimum atomic E-state index is -0.00928. The Morgan fingerprint density at radius 2 is 1.93 bits per heavy atom. The van der Waals surface area contributed by atoms with Crippen LogP contribution in [0.5, 0.6) is 0 Å². The van der Waals surface area contributed by atoms with Crippen molar-refractivity contribution in [3.8, 4) is 11.4 Å². The zero-order valence-electron chi connectivity index (χ0n) is 14.9. The van der Waals surface area contributed by atoms with Crippen LogP contribution < -0.4 is 5.56 Å². The van der Waals surface area contributed by atoms with Gasteiger partial charge in [0.2, 0.25) is 0 Å². The molecule has 0 radical (unpaired) electrons. The molecule has 27 heavy (non-hydrogen) atoms. The van der Waals surface area contributed by atoms with Gasteiger partial charge >= 0.3 is 0 Å². The lowest BCUT2D eigenvalue weighted by atomic mass is 10.0. The van der Waals surface area contributed by atoms with Gasteiger partial charge in [-0.25, -0.2) is 4.98 Å². The van der Waals surface area contributed by atoms with E-state index in [4.69, 9.17) is 4.98 Å². The molecule has 2 aromatic carbocycles. The third-order valence-corrected chi connectivity index (χ3v) is 5.27. The summed E-state index contributed by atoms with van der Waals surface area (Å²) in [4.78, 5) is 26.0. The predicted octanol–water partition coefficient (Wildman–Crippen LogP) is 3.48. The van der Waals surface area contributed by atoms with Gasteiger partial charge in [0.25, 0.3) is 5.56 Å². The van der Waals surface area contributed by atoms with E-state index in [0.29, 0.717) is 12.4 Å². The van der Waals surface area contributed by atoms with E-state index in [1.54, 1.807) is 0 Å². The first-order valence-corrected chi connectivity index (χ1v) is 9.23. The monoisotopic (exact) mass is 356 g/mol. The standard InChI is InChI=1S/C22H20N4O/c27-22-18-10-12-26(13-17-8-4-7-15-9-11-23-20(15)17)14-19(18)24-21(25-22)16-5-2-1-3-6-16/h1-9,11,23H,10,12-14H2,(H,24,25,27). The number of nitrogens with one attached hydrogen (secondary N) is 2. The number of nitrogens with zero attached hydrogens (tertiary/aromatic N) is 2. The lowest BCUT2D eigenvalue weighted by Gasteiger charge is -2.28. The number of H-pyrrole nitrogens is 2. The topological polar surface area (TPSA) is 64.8 Å². The number of hydrogen-bond acceptors (Lipinski definition) is 3. The Bertz CT molecular complexity index is 1160. The normalized spacial score (nSPS) is 14.4. The summed E-state index contributed by atoms with van der Waals surface area (Å²) >= 11 is 0. The van der Waals surface area contributed by atoms with Crippen molar-refractivity contribution in [2.45, 2.75) is 19.5 Å². The van der Waals surface area contributed by atoms with Crippen LogP contribution in [0.4, 0.5) is 0 Å². The Morgan fingerprint density at radius 3 is 2.81 bits per heavy atom. The van der Waals surface area contributed by atoms with Gasteiger partial charge in [-0.05, 0) is 23.4 Å². The summed E-state index contributed by atoms with van der Waals surface area (Å²) < 4.78 is 0. The van der Waals surface area contributed by atoms with Gasteiger partial charge in [-0.15, -0.1) is 0 Å². The quantitative estimate of drug-likeness (QED) is 0.591. The fraction of sp³-hybridized carbons (Fsp3) is 0.182. The van der Waals surface area contributed by atoms with E-state index < -0.39 is 0 Å². The molecule has 0 unspecified atom stereocenters. The van der Waals surface area contributed by atoms with Gasteiger partial charge in [0.15, 0.2) is 0 Å². The zero-order chi connectivity index (χ0) is 18.2. The molecule has 0 amide bonds. The molecule has 0 saturated carbocycles. The van der Waals surface area contributed by atoms with Gasteiger partial charge in [0.05, 0.1) is 5.69 Å². The van der Waals surface area contributed by atoms with Crippen LogP contribution in [0.1, 0.15) is 16.8 Å². The van der Waals surface area contributed by atoms with Gasteiger partial charge < -0.3 is 9.97 Å². The highest BCUT2D eigenvalue weighted by atomic mass is 16.1. The maximum atomic E-state index is 12.5. The lowest BCUT2D eigenvalue weighted by Crippen LogP contribution is -2.35. The van der Waals surface area contributed by atoms with E-state index in [0.717, 1.165) is 36.3 Å². The number of aromatic amines is 2. The summed E-state index contributed by atoms with van der Waals surface area (Å²) in [5.41, 5.74) is 5.10. The van der Waals surface area contributed by atoms with Crippen molar-refractivity contribution in [3.05, 3.63) is 88.0 Å². The molecule has 2 N–H and O–H groups in total. The number of benzene rings is 2. The van der Waals surface area contributed by atoms with E-state index in [-0.39, 0.29) is 5.56 Å². The maximum absolute atomic E-state index is 12.5. The molecule has 0 saturated heterocycles. The van der Waals surface area contributed by atoms with E-state index in [9.17, 15) is 4.79 Å². The molecular weight excluding hydrogens is 336 g/mol. The van der Waals surface area contributed by atoms with Gasteiger partial charge in [0.1, 0.15) is 5.82 Å². The minimum Gasteiger partial charge on any atom is -0.361 e. The molecule has 134 valence electrons. The van der Waals surface area contributed by atoms with E-state index in [1.165, 1.54) is 16.5 Å². The van der Waals surface area contributed by atoms with Crippen molar-refractivity contribution in [1.29, 1.82) is 0 Å². The molecular formula is C22H20N4O. The van der Waals surface area contributed by atoms with Gasteiger partial charge in [-0.2, -0.15) is 0 Å². The smallest absolute Gasteiger partial charge is 0.254 e. The number of para-hydroxylation sites is 1. The predicted molar refractivity (Wildman–Crippen MR) is 106 cm³/mol. The van der Waals surface area contributed by atoms with E-state index in [2.05, 4.69) is 39.1 Å². The summed E-state index contributed by atoms with van der Waals surface area (Å²) in [5, 5.41) is 1.23. The van der Waals surface area contributed by atoms with Crippen molar-refractivity contribution >= 4 is 10.9 Å². The van der Waals surface area contributed by atoms with Crippen molar-refractivity contribution in [2.24, 2.45) is 0 Å². The Morgan fingerprint density at radius 1 is 1.04 bits per heavy atom. The highest BCUT2D eigenvalue weighted by molar-refractivity contribution is 5.82. The molecule has 0 aliphatic carbocycles. The highest BCUT2D eigenvalue weighted by Gasteiger charge is 2.22. The van der Waals surface area contributed by atoms with Crippen LogP contribution >= 0.6 is 0 Å². The van der Waals surface area contributed by atoms with Crippen LogP contribution in [0.3, 0.4) is 0 Å². The molecule has 0 bridgehead atoms. The highest BCUT2D eigenvalue weighted by Crippen LogP contribution is 2.23. The fourth-order valence-electron chi connectivity index (χ4n) is 3.88. The molecule has 2 aromatic heterocycles. The molecule has 4 aromatic rings. The maximum Gasteiger partial charge on any atom is 0.254 e. The number of fused-ring (bicyclic) bond motifs is 2. The van der Waals surface area contributed by atoms with Crippen LogP contribution in [0, 0.1) is 0 Å². The molecule has 0 atom stereocenters. The molecule has 1 aliphatic heterocycles. The van der Waals surface area contributed by atoms with Crippen LogP contribution in [0.25, 0.3) is 22.3 Å². The van der Waals surface area contributed by atoms with Crippen molar-refractivity contribution in [3.63, 3.8) is 0 Å². The average molecular weight is 356 g/mol. The summed E-state index contributed by atoms with van der Waals surface area (Å²) in [6, 6.07) is 18.3. The summed E-state index contributed by atoms with van der Waals surface area (Å²) in [6.45, 7) is 2.39. The minimum absolute atomic E-state index is 0.00928. The molecule has 1 aliphatic rings. The Kier molecular flexibility index (Phi) is 3.87. The van der Waals surface area contributed by atoms with Crippen LogP contribution in [0.15, 0.2) is 65.6 Å². The fourth-order valence-corrected chi connectivity index (χ4v) is 3.88. The molecule has 0 fully saturated rings. The van der Waals surface area contributed by atoms with Crippen LogP contribution in [-0.4, -0.2) is 26.4 Å². The van der Waals surface area contributed by atoms with Crippen molar-refractivity contribution < 1.29 is 0 Å². The van der Waals surface area contributed by atoms with Gasteiger partial charge in [-0.3, -0.25) is 9.69 Å².